The van der Waals surface area contributed by atoms with E-state index in [0.29, 0.717) is 17.7 Å². The van der Waals surface area contributed by atoms with Crippen LogP contribution in [-0.2, 0) is 6.54 Å². The van der Waals surface area contributed by atoms with Crippen LogP contribution in [-0.4, -0.2) is 45.4 Å². The van der Waals surface area contributed by atoms with Crippen molar-refractivity contribution in [2.45, 2.75) is 26.3 Å². The van der Waals surface area contributed by atoms with Crippen LogP contribution in [0.1, 0.15) is 25.3 Å². The second-order valence-corrected chi connectivity index (χ2v) is 5.28. The molecule has 0 radical (unpaired) electrons. The average molecular weight is 312 g/mol. The summed E-state index contributed by atoms with van der Waals surface area (Å²) in [6.07, 6.45) is 3.72. The second kappa shape index (κ2) is 7.21. The topological polar surface area (TPSA) is 74.9 Å². The Morgan fingerprint density at radius 1 is 1.43 bits per heavy atom. The minimum atomic E-state index is -0.632. The van der Waals surface area contributed by atoms with Gasteiger partial charge in [-0.3, -0.25) is 0 Å². The number of nitrogens with zero attached hydrogens (tertiary/aromatic N) is 5. The highest BCUT2D eigenvalue weighted by atomic mass is 35.5. The minimum Gasteiger partial charge on any atom is -0.336 e. The number of hydrogen-bond acceptors (Lipinski definition) is 3. The molecule has 0 aromatic carbocycles. The summed E-state index contributed by atoms with van der Waals surface area (Å²) >= 11 is 5.76. The summed E-state index contributed by atoms with van der Waals surface area (Å²) in [7, 11) is 0. The van der Waals surface area contributed by atoms with Crippen LogP contribution in [0, 0.1) is 10.1 Å². The van der Waals surface area contributed by atoms with Crippen LogP contribution in [0.25, 0.3) is 0 Å². The monoisotopic (exact) mass is 311 g/mol. The smallest absolute Gasteiger partial charge is 0.274 e. The van der Waals surface area contributed by atoms with E-state index >= 15 is 0 Å². The molecule has 1 aliphatic heterocycles. The molecule has 1 aromatic rings. The molecule has 0 N–H and O–H groups in total. The van der Waals surface area contributed by atoms with Crippen molar-refractivity contribution >= 4 is 17.6 Å². The van der Waals surface area contributed by atoms with Gasteiger partial charge in [0.05, 0.1) is 0 Å². The van der Waals surface area contributed by atoms with Gasteiger partial charge in [0, 0.05) is 32.4 Å². The summed E-state index contributed by atoms with van der Waals surface area (Å²) in [6, 6.07) is 3.58. The molecule has 2 rings (SSSR count). The maximum atomic E-state index is 10.8. The molecule has 0 aliphatic carbocycles. The fourth-order valence-electron chi connectivity index (χ4n) is 2.27. The van der Waals surface area contributed by atoms with E-state index < -0.39 is 5.03 Å². The van der Waals surface area contributed by atoms with Crippen molar-refractivity contribution in [3.8, 4) is 0 Å². The molecular formula is C13H18ClN5O2. The second-order valence-electron chi connectivity index (χ2n) is 4.89. The highest BCUT2D eigenvalue weighted by molar-refractivity contribution is 6.29. The Morgan fingerprint density at radius 2 is 2.19 bits per heavy atom. The van der Waals surface area contributed by atoms with E-state index in [1.54, 1.807) is 12.3 Å². The lowest BCUT2D eigenvalue weighted by Gasteiger charge is -2.20. The number of unbranched alkanes of at least 4 members (excludes halogenated alkanes) is 1. The third-order valence-electron chi connectivity index (χ3n) is 3.32. The molecule has 1 aromatic heterocycles. The first-order valence-electron chi connectivity index (χ1n) is 6.93. The van der Waals surface area contributed by atoms with Gasteiger partial charge in [0.15, 0.2) is 5.03 Å². The van der Waals surface area contributed by atoms with Crippen molar-refractivity contribution in [3.05, 3.63) is 39.2 Å². The number of guanidine groups is 1. The molecule has 1 aliphatic rings. The van der Waals surface area contributed by atoms with Gasteiger partial charge in [0.1, 0.15) is 10.3 Å². The maximum Gasteiger partial charge on any atom is 0.274 e. The van der Waals surface area contributed by atoms with Gasteiger partial charge in [-0.2, -0.15) is 0 Å². The Morgan fingerprint density at radius 3 is 2.81 bits per heavy atom. The summed E-state index contributed by atoms with van der Waals surface area (Å²) < 4.78 is 0. The van der Waals surface area contributed by atoms with Gasteiger partial charge in [0.25, 0.3) is 5.96 Å². The Balaban J connectivity index is 2.10. The van der Waals surface area contributed by atoms with Crippen LogP contribution >= 0.6 is 11.6 Å². The fourth-order valence-corrected chi connectivity index (χ4v) is 2.38. The van der Waals surface area contributed by atoms with E-state index in [0.717, 1.165) is 38.0 Å². The van der Waals surface area contributed by atoms with Crippen molar-refractivity contribution < 1.29 is 5.03 Å². The average Bonchev–Trinajstić information content (AvgIpc) is 2.81. The Bertz CT molecular complexity index is 520. The molecule has 21 heavy (non-hydrogen) atoms. The Labute approximate surface area is 128 Å². The van der Waals surface area contributed by atoms with Gasteiger partial charge in [-0.25, -0.2) is 15.1 Å². The third-order valence-corrected chi connectivity index (χ3v) is 3.54. The van der Waals surface area contributed by atoms with E-state index in [-0.39, 0.29) is 0 Å². The number of halogens is 1. The standard InChI is InChI=1S/C13H18ClN5O2/c1-2-3-6-17-7-8-18(13(17)16-19(20)21)10-11-4-5-12(14)15-9-11/h4-5,9H,2-3,6-8,10H2,1H3/b16-13+. The summed E-state index contributed by atoms with van der Waals surface area (Å²) in [5, 5.41) is 14.1. The highest BCUT2D eigenvalue weighted by Crippen LogP contribution is 2.15. The SMILES string of the molecule is CCCCN1CCN(Cc2ccc(Cl)nc2)/C1=N/[N+](=O)[O-]. The number of rotatable bonds is 6. The quantitative estimate of drug-likeness (QED) is 0.457. The predicted molar refractivity (Wildman–Crippen MR) is 80.6 cm³/mol. The van der Waals surface area contributed by atoms with Crippen LogP contribution in [0.2, 0.25) is 5.15 Å². The van der Waals surface area contributed by atoms with E-state index in [1.165, 1.54) is 0 Å². The summed E-state index contributed by atoms with van der Waals surface area (Å²) in [5.41, 5.74) is 0.952. The molecule has 0 amide bonds. The number of aromatic nitrogens is 1. The van der Waals surface area contributed by atoms with Gasteiger partial charge in [-0.05, 0) is 18.1 Å². The van der Waals surface area contributed by atoms with Gasteiger partial charge in [0.2, 0.25) is 0 Å². The Kier molecular flexibility index (Phi) is 5.32. The zero-order valence-electron chi connectivity index (χ0n) is 11.9. The Hall–Kier alpha value is -1.89. The zero-order chi connectivity index (χ0) is 15.2. The lowest BCUT2D eigenvalue weighted by Crippen LogP contribution is -2.34. The molecular weight excluding hydrogens is 294 g/mol. The number of pyridine rings is 1. The molecule has 2 heterocycles. The van der Waals surface area contributed by atoms with Crippen molar-refractivity contribution in [2.24, 2.45) is 5.10 Å². The van der Waals surface area contributed by atoms with E-state index in [1.807, 2.05) is 15.9 Å². The molecule has 1 saturated heterocycles. The van der Waals surface area contributed by atoms with Gasteiger partial charge >= 0.3 is 0 Å². The number of nitro groups is 1. The maximum absolute atomic E-state index is 10.8. The van der Waals surface area contributed by atoms with Crippen molar-refractivity contribution in [1.82, 2.24) is 14.8 Å². The van der Waals surface area contributed by atoms with Crippen molar-refractivity contribution in [2.75, 3.05) is 19.6 Å². The molecule has 0 atom stereocenters. The van der Waals surface area contributed by atoms with E-state index in [2.05, 4.69) is 17.0 Å². The summed E-state index contributed by atoms with van der Waals surface area (Å²) in [5.74, 6) is 0.434. The van der Waals surface area contributed by atoms with Crippen LogP contribution in [0.3, 0.4) is 0 Å². The lowest BCUT2D eigenvalue weighted by atomic mass is 10.3. The molecule has 1 fully saturated rings. The van der Waals surface area contributed by atoms with Crippen molar-refractivity contribution in [1.29, 1.82) is 0 Å². The number of hydrogen-bond donors (Lipinski definition) is 0. The molecule has 7 nitrogen and oxygen atoms in total. The molecule has 0 unspecified atom stereocenters. The summed E-state index contributed by atoms with van der Waals surface area (Å²) in [4.78, 5) is 18.7. The molecule has 114 valence electrons. The van der Waals surface area contributed by atoms with Crippen LogP contribution < -0.4 is 0 Å². The third kappa shape index (κ3) is 4.29. The fraction of sp³-hybridized carbons (Fsp3) is 0.538. The largest absolute Gasteiger partial charge is 0.336 e. The first kappa shape index (κ1) is 15.5. The normalized spacial score (nSPS) is 16.8. The van der Waals surface area contributed by atoms with Crippen molar-refractivity contribution in [3.63, 3.8) is 0 Å². The minimum absolute atomic E-state index is 0.434. The molecule has 0 saturated carbocycles. The number of hydrazone groups is 1. The van der Waals surface area contributed by atoms with Gasteiger partial charge in [-0.1, -0.05) is 31.0 Å². The highest BCUT2D eigenvalue weighted by Gasteiger charge is 2.29. The molecule has 0 bridgehead atoms. The van der Waals surface area contributed by atoms with Gasteiger partial charge < -0.3 is 9.80 Å². The molecule has 8 heteroatoms. The van der Waals surface area contributed by atoms with Crippen LogP contribution in [0.5, 0.6) is 0 Å². The predicted octanol–water partition coefficient (Wildman–Crippen LogP) is 2.20. The van der Waals surface area contributed by atoms with E-state index in [9.17, 15) is 10.1 Å². The first-order valence-corrected chi connectivity index (χ1v) is 7.31. The first-order chi connectivity index (χ1) is 10.1. The van der Waals surface area contributed by atoms with Crippen LogP contribution in [0.4, 0.5) is 0 Å². The van der Waals surface area contributed by atoms with E-state index in [4.69, 9.17) is 11.6 Å². The van der Waals surface area contributed by atoms with Crippen LogP contribution in [0.15, 0.2) is 23.4 Å². The molecule has 0 spiro atoms. The summed E-state index contributed by atoms with van der Waals surface area (Å²) in [6.45, 7) is 4.91. The lowest BCUT2D eigenvalue weighted by molar-refractivity contribution is -0.486. The van der Waals surface area contributed by atoms with Gasteiger partial charge in [-0.15, -0.1) is 0 Å². The zero-order valence-corrected chi connectivity index (χ0v) is 12.7.